The van der Waals surface area contributed by atoms with Crippen LogP contribution in [0.5, 0.6) is 0 Å². The zero-order chi connectivity index (χ0) is 12.8. The van der Waals surface area contributed by atoms with Gasteiger partial charge in [-0.15, -0.1) is 0 Å². The quantitative estimate of drug-likeness (QED) is 0.829. The van der Waals surface area contributed by atoms with Crippen LogP contribution >= 0.6 is 0 Å². The molecule has 4 aliphatic rings. The van der Waals surface area contributed by atoms with Crippen molar-refractivity contribution in [3.05, 3.63) is 0 Å². The van der Waals surface area contributed by atoms with Gasteiger partial charge in [-0.1, -0.05) is 0 Å². The van der Waals surface area contributed by atoms with Gasteiger partial charge >= 0.3 is 5.97 Å². The first kappa shape index (κ1) is 12.0. The molecule has 0 amide bonds. The van der Waals surface area contributed by atoms with Gasteiger partial charge in [-0.2, -0.15) is 5.26 Å². The predicted molar refractivity (Wildman–Crippen MR) is 63.6 cm³/mol. The van der Waals surface area contributed by atoms with Crippen molar-refractivity contribution >= 4 is 5.97 Å². The Balaban J connectivity index is 1.66. The van der Waals surface area contributed by atoms with Gasteiger partial charge in [0.1, 0.15) is 0 Å². The van der Waals surface area contributed by atoms with E-state index in [1.165, 1.54) is 19.3 Å². The van der Waals surface area contributed by atoms with E-state index in [-0.39, 0.29) is 12.2 Å². The highest BCUT2D eigenvalue weighted by Crippen LogP contribution is 2.57. The van der Waals surface area contributed by atoms with Gasteiger partial charge in [-0.3, -0.25) is 4.79 Å². The van der Waals surface area contributed by atoms with E-state index >= 15 is 0 Å². The van der Waals surface area contributed by atoms with Crippen molar-refractivity contribution in [3.63, 3.8) is 0 Å². The van der Waals surface area contributed by atoms with Crippen LogP contribution in [0.15, 0.2) is 0 Å². The summed E-state index contributed by atoms with van der Waals surface area (Å²) in [5, 5.41) is 17.7. The molecule has 4 rings (SSSR count). The number of nitriles is 1. The lowest BCUT2D eigenvalue weighted by atomic mass is 9.54. The third-order valence-corrected chi connectivity index (χ3v) is 4.99. The maximum Gasteiger partial charge on any atom is 0.323 e. The van der Waals surface area contributed by atoms with Crippen LogP contribution < -0.4 is 0 Å². The number of carbonyl (C=O) groups is 1. The monoisotopic (exact) mass is 249 g/mol. The zero-order valence-corrected chi connectivity index (χ0v) is 10.5. The van der Waals surface area contributed by atoms with E-state index in [9.17, 15) is 4.79 Å². The second kappa shape index (κ2) is 4.24. The number of carboxylic acid groups (broad SMARTS) is 1. The van der Waals surface area contributed by atoms with E-state index in [0.29, 0.717) is 0 Å². The van der Waals surface area contributed by atoms with Crippen molar-refractivity contribution in [2.45, 2.75) is 44.1 Å². The van der Waals surface area contributed by atoms with Gasteiger partial charge in [-0.25, -0.2) is 0 Å². The van der Waals surface area contributed by atoms with Gasteiger partial charge in [-0.05, 0) is 56.3 Å². The summed E-state index contributed by atoms with van der Waals surface area (Å²) >= 11 is 0. The molecule has 0 aromatic heterocycles. The molecule has 4 heteroatoms. The smallest absolute Gasteiger partial charge is 0.323 e. The number of hydrogen-bond acceptors (Lipinski definition) is 3. The van der Waals surface area contributed by atoms with E-state index in [1.54, 1.807) is 0 Å². The molecule has 4 aliphatic carbocycles. The zero-order valence-electron chi connectivity index (χ0n) is 10.5. The largest absolute Gasteiger partial charge is 0.480 e. The summed E-state index contributed by atoms with van der Waals surface area (Å²) in [6, 6.07) is 1.81. The van der Waals surface area contributed by atoms with Crippen LogP contribution in [0.1, 0.15) is 38.5 Å². The molecular formula is C14H19NO3. The van der Waals surface area contributed by atoms with Crippen LogP contribution in [-0.4, -0.2) is 23.3 Å². The Morgan fingerprint density at radius 3 is 2.17 bits per heavy atom. The average molecular weight is 249 g/mol. The second-order valence-corrected chi connectivity index (χ2v) is 6.43. The molecule has 0 saturated heterocycles. The Morgan fingerprint density at radius 1 is 1.28 bits per heavy atom. The van der Waals surface area contributed by atoms with Crippen LogP contribution in [0, 0.1) is 35.0 Å². The summed E-state index contributed by atoms with van der Waals surface area (Å²) in [6.07, 6.45) is 7.25. The number of aliphatic carboxylic acids is 1. The molecule has 4 nitrogen and oxygen atoms in total. The molecule has 4 saturated carbocycles. The van der Waals surface area contributed by atoms with Crippen LogP contribution in [0.2, 0.25) is 0 Å². The maximum atomic E-state index is 10.8. The molecule has 1 N–H and O–H groups in total. The highest BCUT2D eigenvalue weighted by molar-refractivity contribution is 5.73. The van der Waals surface area contributed by atoms with Gasteiger partial charge in [0, 0.05) is 0 Å². The molecule has 0 aromatic carbocycles. The summed E-state index contributed by atoms with van der Waals surface area (Å²) in [5.74, 6) is 0.255. The summed E-state index contributed by atoms with van der Waals surface area (Å²) in [7, 11) is 0. The highest BCUT2D eigenvalue weighted by Gasteiger charge is 2.51. The van der Waals surface area contributed by atoms with Gasteiger partial charge < -0.3 is 9.84 Å². The molecule has 1 unspecified atom stereocenters. The predicted octanol–water partition coefficient (Wildman–Crippen LogP) is 2.20. The van der Waals surface area contributed by atoms with E-state index in [0.717, 1.165) is 37.0 Å². The van der Waals surface area contributed by atoms with Gasteiger partial charge in [0.25, 0.3) is 0 Å². The molecule has 0 heterocycles. The molecule has 98 valence electrons. The van der Waals surface area contributed by atoms with Gasteiger partial charge in [0.15, 0.2) is 5.92 Å². The van der Waals surface area contributed by atoms with Crippen molar-refractivity contribution in [2.24, 2.45) is 23.7 Å². The lowest BCUT2D eigenvalue weighted by molar-refractivity contribution is -0.172. The first-order valence-corrected chi connectivity index (χ1v) is 6.86. The molecule has 1 atom stereocenters. The molecule has 0 spiro atoms. The van der Waals surface area contributed by atoms with Gasteiger partial charge in [0.2, 0.25) is 0 Å². The maximum absolute atomic E-state index is 10.8. The SMILES string of the molecule is N#CC(COC12CC3CC(CC(C3)C1)C2)C(=O)O. The normalized spacial score (nSPS) is 42.5. The first-order valence-electron chi connectivity index (χ1n) is 6.86. The average Bonchev–Trinajstić information content (AvgIpc) is 2.27. The Morgan fingerprint density at radius 2 is 1.78 bits per heavy atom. The van der Waals surface area contributed by atoms with Crippen molar-refractivity contribution in [1.82, 2.24) is 0 Å². The highest BCUT2D eigenvalue weighted by atomic mass is 16.5. The molecule has 4 bridgehead atoms. The van der Waals surface area contributed by atoms with Crippen molar-refractivity contribution < 1.29 is 14.6 Å². The Hall–Kier alpha value is -1.08. The lowest BCUT2D eigenvalue weighted by Gasteiger charge is -2.56. The number of nitrogens with zero attached hydrogens (tertiary/aromatic N) is 1. The Labute approximate surface area is 107 Å². The van der Waals surface area contributed by atoms with Crippen molar-refractivity contribution in [2.75, 3.05) is 6.61 Å². The molecule has 4 fully saturated rings. The molecule has 0 aromatic rings. The van der Waals surface area contributed by atoms with E-state index in [1.807, 2.05) is 6.07 Å². The van der Waals surface area contributed by atoms with E-state index < -0.39 is 11.9 Å². The number of carboxylic acids is 1. The Kier molecular flexibility index (Phi) is 2.82. The molecule has 18 heavy (non-hydrogen) atoms. The topological polar surface area (TPSA) is 70.3 Å². The summed E-state index contributed by atoms with van der Waals surface area (Å²) in [4.78, 5) is 10.8. The van der Waals surface area contributed by atoms with Crippen LogP contribution in [0.3, 0.4) is 0 Å². The minimum absolute atomic E-state index is 0.0536. The van der Waals surface area contributed by atoms with E-state index in [2.05, 4.69) is 0 Å². The third kappa shape index (κ3) is 2.01. The molecule has 0 aliphatic heterocycles. The fraction of sp³-hybridized carbons (Fsp3) is 0.857. The fourth-order valence-electron chi connectivity index (χ4n) is 4.63. The standard InChI is InChI=1S/C14H19NO3/c15-7-12(13(16)17)8-18-14-4-9-1-10(5-14)3-11(2-9)6-14/h9-12H,1-6,8H2,(H,16,17). The van der Waals surface area contributed by atoms with E-state index in [4.69, 9.17) is 15.1 Å². The number of ether oxygens (including phenoxy) is 1. The summed E-state index contributed by atoms with van der Waals surface area (Å²) in [5.41, 5.74) is -0.0979. The Bertz CT molecular complexity index is 363. The van der Waals surface area contributed by atoms with Gasteiger partial charge in [0.05, 0.1) is 18.3 Å². The summed E-state index contributed by atoms with van der Waals surface area (Å²) < 4.78 is 5.95. The second-order valence-electron chi connectivity index (χ2n) is 6.43. The molecular weight excluding hydrogens is 230 g/mol. The summed E-state index contributed by atoms with van der Waals surface area (Å²) in [6.45, 7) is 0.0536. The minimum Gasteiger partial charge on any atom is -0.480 e. The third-order valence-electron chi connectivity index (χ3n) is 4.99. The van der Waals surface area contributed by atoms with Crippen molar-refractivity contribution in [3.8, 4) is 6.07 Å². The number of hydrogen-bond donors (Lipinski definition) is 1. The first-order chi connectivity index (χ1) is 8.60. The van der Waals surface area contributed by atoms with Crippen LogP contribution in [-0.2, 0) is 9.53 Å². The number of rotatable bonds is 4. The lowest BCUT2D eigenvalue weighted by Crippen LogP contribution is -2.52. The molecule has 0 radical (unpaired) electrons. The van der Waals surface area contributed by atoms with Crippen LogP contribution in [0.25, 0.3) is 0 Å². The van der Waals surface area contributed by atoms with Crippen molar-refractivity contribution in [1.29, 1.82) is 5.26 Å². The fourth-order valence-corrected chi connectivity index (χ4v) is 4.63. The van der Waals surface area contributed by atoms with Crippen LogP contribution in [0.4, 0.5) is 0 Å². The minimum atomic E-state index is -1.07.